The second-order valence-corrected chi connectivity index (χ2v) is 8.66. The first-order valence-corrected chi connectivity index (χ1v) is 11.2. The Morgan fingerprint density at radius 3 is 2.21 bits per heavy atom. The van der Waals surface area contributed by atoms with E-state index in [0.29, 0.717) is 11.6 Å². The predicted octanol–water partition coefficient (Wildman–Crippen LogP) is 2.60. The van der Waals surface area contributed by atoms with Crippen molar-refractivity contribution < 1.29 is 4.79 Å². The molecule has 1 amide bonds. The molecule has 2 aromatic rings. The molecular weight excluding hydrogens is 362 g/mol. The first kappa shape index (κ1) is 18.8. The normalized spacial score (nSPS) is 21.0. The van der Waals surface area contributed by atoms with E-state index in [1.807, 2.05) is 46.0 Å². The lowest BCUT2D eigenvalue weighted by molar-refractivity contribution is 0.0618. The molecule has 1 aliphatic carbocycles. The fraction of sp³-hybridized carbons (Fsp3) is 0.565. The molecule has 3 fully saturated rings. The Kier molecular flexibility index (Phi) is 5.38. The smallest absolute Gasteiger partial charge is 0.272 e. The number of aromatic nitrogens is 2. The number of carbonyl (C=O) groups is 1. The number of hydrogen-bond donors (Lipinski definition) is 0. The van der Waals surface area contributed by atoms with Crippen LogP contribution in [0.4, 0.5) is 0 Å². The second-order valence-electron chi connectivity index (χ2n) is 8.66. The third-order valence-corrected chi connectivity index (χ3v) is 6.53. The SMILES string of the molecule is O=C(c1cc(C2CC2)nn1-c1ccccc1)N1CCN(CCN2CCCC2)CC1. The van der Waals surface area contributed by atoms with Gasteiger partial charge in [0, 0.05) is 45.2 Å². The number of hydrogen-bond acceptors (Lipinski definition) is 4. The average molecular weight is 394 g/mol. The summed E-state index contributed by atoms with van der Waals surface area (Å²) >= 11 is 0. The lowest BCUT2D eigenvalue weighted by Crippen LogP contribution is -2.50. The molecule has 0 unspecified atom stereocenters. The van der Waals surface area contributed by atoms with Gasteiger partial charge in [0.2, 0.25) is 0 Å². The van der Waals surface area contributed by atoms with Crippen molar-refractivity contribution in [2.75, 3.05) is 52.4 Å². The van der Waals surface area contributed by atoms with E-state index in [2.05, 4.69) is 9.80 Å². The van der Waals surface area contributed by atoms with E-state index in [4.69, 9.17) is 5.10 Å². The fourth-order valence-electron chi connectivity index (χ4n) is 4.52. The molecule has 3 heterocycles. The van der Waals surface area contributed by atoms with Crippen LogP contribution in [0.1, 0.15) is 47.8 Å². The Morgan fingerprint density at radius 2 is 1.55 bits per heavy atom. The Hall–Kier alpha value is -2.18. The number of para-hydroxylation sites is 1. The van der Waals surface area contributed by atoms with Crippen LogP contribution in [0.3, 0.4) is 0 Å². The molecule has 0 N–H and O–H groups in total. The fourth-order valence-corrected chi connectivity index (χ4v) is 4.52. The van der Waals surface area contributed by atoms with Gasteiger partial charge in [-0.15, -0.1) is 0 Å². The van der Waals surface area contributed by atoms with Gasteiger partial charge in [0.15, 0.2) is 0 Å². The van der Waals surface area contributed by atoms with Crippen LogP contribution in [-0.2, 0) is 0 Å². The van der Waals surface area contributed by atoms with Gasteiger partial charge in [0.1, 0.15) is 5.69 Å². The number of nitrogens with zero attached hydrogens (tertiary/aromatic N) is 5. The molecule has 2 saturated heterocycles. The Balaban J connectivity index is 1.25. The van der Waals surface area contributed by atoms with Gasteiger partial charge in [0.25, 0.3) is 5.91 Å². The number of amides is 1. The van der Waals surface area contributed by atoms with E-state index in [0.717, 1.165) is 44.1 Å². The highest BCUT2D eigenvalue weighted by Crippen LogP contribution is 2.39. The van der Waals surface area contributed by atoms with Crippen molar-refractivity contribution >= 4 is 5.91 Å². The number of benzene rings is 1. The molecule has 0 bridgehead atoms. The van der Waals surface area contributed by atoms with E-state index in [1.165, 1.54) is 45.3 Å². The molecule has 154 valence electrons. The minimum Gasteiger partial charge on any atom is -0.335 e. The molecule has 0 atom stereocenters. The largest absolute Gasteiger partial charge is 0.335 e. The van der Waals surface area contributed by atoms with Crippen LogP contribution in [0.15, 0.2) is 36.4 Å². The maximum Gasteiger partial charge on any atom is 0.272 e. The Morgan fingerprint density at radius 1 is 0.897 bits per heavy atom. The van der Waals surface area contributed by atoms with Crippen LogP contribution in [0, 0.1) is 0 Å². The third-order valence-electron chi connectivity index (χ3n) is 6.53. The summed E-state index contributed by atoms with van der Waals surface area (Å²) < 4.78 is 1.86. The topological polar surface area (TPSA) is 44.6 Å². The van der Waals surface area contributed by atoms with Gasteiger partial charge in [0.05, 0.1) is 11.4 Å². The molecule has 6 heteroatoms. The van der Waals surface area contributed by atoms with Gasteiger partial charge in [-0.05, 0) is 57.0 Å². The van der Waals surface area contributed by atoms with Crippen molar-refractivity contribution in [2.45, 2.75) is 31.6 Å². The summed E-state index contributed by atoms with van der Waals surface area (Å²) in [5.74, 6) is 0.654. The first-order chi connectivity index (χ1) is 14.3. The maximum absolute atomic E-state index is 13.4. The second kappa shape index (κ2) is 8.28. The molecule has 1 aromatic carbocycles. The number of rotatable bonds is 6. The summed E-state index contributed by atoms with van der Waals surface area (Å²) in [6.45, 7) is 8.34. The minimum absolute atomic E-state index is 0.118. The summed E-state index contributed by atoms with van der Waals surface area (Å²) in [6, 6.07) is 12.1. The van der Waals surface area contributed by atoms with Crippen molar-refractivity contribution in [3.05, 3.63) is 47.8 Å². The first-order valence-electron chi connectivity index (χ1n) is 11.2. The van der Waals surface area contributed by atoms with Gasteiger partial charge >= 0.3 is 0 Å². The van der Waals surface area contributed by atoms with Crippen molar-refractivity contribution in [2.24, 2.45) is 0 Å². The molecule has 1 aromatic heterocycles. The molecule has 6 nitrogen and oxygen atoms in total. The average Bonchev–Trinajstić information content (AvgIpc) is 3.31. The highest BCUT2D eigenvalue weighted by atomic mass is 16.2. The number of piperazine rings is 1. The van der Waals surface area contributed by atoms with Crippen LogP contribution in [0.25, 0.3) is 5.69 Å². The van der Waals surface area contributed by atoms with Crippen molar-refractivity contribution in [3.63, 3.8) is 0 Å². The van der Waals surface area contributed by atoms with Gasteiger partial charge in [-0.25, -0.2) is 4.68 Å². The molecule has 1 saturated carbocycles. The highest BCUT2D eigenvalue weighted by molar-refractivity contribution is 5.93. The molecule has 5 rings (SSSR count). The Bertz CT molecular complexity index is 830. The number of carbonyl (C=O) groups excluding carboxylic acids is 1. The van der Waals surface area contributed by atoms with Crippen molar-refractivity contribution in [1.29, 1.82) is 0 Å². The zero-order valence-electron chi connectivity index (χ0n) is 17.2. The van der Waals surface area contributed by atoms with Crippen LogP contribution in [0.2, 0.25) is 0 Å². The molecule has 2 aliphatic heterocycles. The lowest BCUT2D eigenvalue weighted by Gasteiger charge is -2.35. The lowest BCUT2D eigenvalue weighted by atomic mass is 10.2. The van der Waals surface area contributed by atoms with Gasteiger partial charge in [-0.3, -0.25) is 9.69 Å². The van der Waals surface area contributed by atoms with Gasteiger partial charge in [-0.2, -0.15) is 5.10 Å². The molecule has 29 heavy (non-hydrogen) atoms. The van der Waals surface area contributed by atoms with Crippen LogP contribution in [0.5, 0.6) is 0 Å². The number of likely N-dealkylation sites (tertiary alicyclic amines) is 1. The van der Waals surface area contributed by atoms with Crippen LogP contribution >= 0.6 is 0 Å². The third kappa shape index (κ3) is 4.23. The monoisotopic (exact) mass is 393 g/mol. The maximum atomic E-state index is 13.4. The zero-order valence-corrected chi connectivity index (χ0v) is 17.2. The van der Waals surface area contributed by atoms with Crippen molar-refractivity contribution in [1.82, 2.24) is 24.5 Å². The quantitative estimate of drug-likeness (QED) is 0.757. The molecule has 0 spiro atoms. The van der Waals surface area contributed by atoms with E-state index >= 15 is 0 Å². The minimum atomic E-state index is 0.118. The Labute approximate surface area is 173 Å². The van der Waals surface area contributed by atoms with Crippen LogP contribution in [-0.4, -0.2) is 82.7 Å². The highest BCUT2D eigenvalue weighted by Gasteiger charge is 2.31. The van der Waals surface area contributed by atoms with Crippen LogP contribution < -0.4 is 0 Å². The van der Waals surface area contributed by atoms with E-state index < -0.39 is 0 Å². The van der Waals surface area contributed by atoms with Gasteiger partial charge in [-0.1, -0.05) is 18.2 Å². The molecule has 0 radical (unpaired) electrons. The van der Waals surface area contributed by atoms with E-state index in [9.17, 15) is 4.79 Å². The zero-order chi connectivity index (χ0) is 19.6. The summed E-state index contributed by atoms with van der Waals surface area (Å²) in [7, 11) is 0. The standard InChI is InChI=1S/C23H31N5O/c29-23(27-16-14-26(15-17-27)13-12-25-10-4-5-11-25)22-18-21(19-8-9-19)24-28(22)20-6-2-1-3-7-20/h1-3,6-7,18-19H,4-5,8-17H2. The summed E-state index contributed by atoms with van der Waals surface area (Å²) in [6.07, 6.45) is 5.07. The predicted molar refractivity (Wildman–Crippen MR) is 114 cm³/mol. The molecule has 3 aliphatic rings. The van der Waals surface area contributed by atoms with E-state index in [1.54, 1.807) is 0 Å². The van der Waals surface area contributed by atoms with Gasteiger partial charge < -0.3 is 9.80 Å². The van der Waals surface area contributed by atoms with E-state index in [-0.39, 0.29) is 5.91 Å². The molecular formula is C23H31N5O. The van der Waals surface area contributed by atoms with Crippen molar-refractivity contribution in [3.8, 4) is 5.69 Å². The summed E-state index contributed by atoms with van der Waals surface area (Å²) in [5.41, 5.74) is 2.75. The summed E-state index contributed by atoms with van der Waals surface area (Å²) in [5, 5.41) is 4.80. The summed E-state index contributed by atoms with van der Waals surface area (Å²) in [4.78, 5) is 20.4.